The lowest BCUT2D eigenvalue weighted by atomic mass is 10.0. The molecule has 0 fully saturated rings. The topological polar surface area (TPSA) is 128 Å². The molecule has 4 aromatic rings. The largest absolute Gasteiger partial charge is 0.331 e. The molecule has 4 heterocycles. The number of nitrogens with zero attached hydrogens (tertiary/aromatic N) is 6. The van der Waals surface area contributed by atoms with Crippen LogP contribution in [0.15, 0.2) is 60.9 Å². The van der Waals surface area contributed by atoms with Crippen LogP contribution < -0.4 is 11.5 Å². The lowest BCUT2D eigenvalue weighted by Gasteiger charge is -2.37. The Hall–Kier alpha value is -3.58. The Kier molecular flexibility index (Phi) is 12.8. The van der Waals surface area contributed by atoms with Crippen molar-refractivity contribution < 1.29 is 9.59 Å². The first-order chi connectivity index (χ1) is 25.2. The van der Waals surface area contributed by atoms with Gasteiger partial charge in [-0.3, -0.25) is 9.59 Å². The Bertz CT molecular complexity index is 1710. The molecule has 2 aromatic carbocycles. The number of hydrogen-bond donors (Lipinski definition) is 2. The number of nitrogens with two attached hydrogens (primary N) is 2. The van der Waals surface area contributed by atoms with E-state index in [1.165, 1.54) is 32.7 Å². The molecule has 0 saturated carbocycles. The summed E-state index contributed by atoms with van der Waals surface area (Å²) >= 11 is 0. The Morgan fingerprint density at radius 2 is 1.10 bits per heavy atom. The van der Waals surface area contributed by atoms with Crippen molar-refractivity contribution in [3.8, 4) is 22.5 Å². The zero-order chi connectivity index (χ0) is 36.8. The summed E-state index contributed by atoms with van der Waals surface area (Å²) < 4.78 is 4.43. The van der Waals surface area contributed by atoms with E-state index < -0.39 is 12.1 Å². The van der Waals surface area contributed by atoms with Crippen LogP contribution in [0.4, 0.5) is 0 Å². The normalized spacial score (nSPS) is 18.2. The standard InChI is InChI=1S/C40H54N8O2S2/c1-5-7-17-35-37-43-33(29-15-11-9-13-27(29)3)23-45(37)19-21-47(35)39(49)31(41)25-51-52-26-32(42)40(50)48-22-20-46-24-34(30-16-12-10-14-28(30)4)44-38(46)36(48)18-8-6-2/h9-16,23-24,31-32,35-36H,5-8,17-22,25-26,41-42H2,1-4H3/t31-,32-,35+,36+/m1/s1. The number of imidazole rings is 2. The van der Waals surface area contributed by atoms with Gasteiger partial charge in [-0.1, -0.05) is 110 Å². The zero-order valence-electron chi connectivity index (χ0n) is 31.0. The maximum atomic E-state index is 13.8. The molecule has 0 bridgehead atoms. The zero-order valence-corrected chi connectivity index (χ0v) is 32.7. The Labute approximate surface area is 316 Å². The van der Waals surface area contributed by atoms with Crippen LogP contribution in [-0.4, -0.2) is 77.4 Å². The van der Waals surface area contributed by atoms with E-state index in [9.17, 15) is 9.59 Å². The number of rotatable bonds is 15. The molecule has 0 saturated heterocycles. The number of carbonyl (C=O) groups excluding carboxylic acids is 2. The van der Waals surface area contributed by atoms with Crippen LogP contribution in [0.5, 0.6) is 0 Å². The number of benzene rings is 2. The van der Waals surface area contributed by atoms with Gasteiger partial charge in [-0.2, -0.15) is 0 Å². The van der Waals surface area contributed by atoms with Crippen molar-refractivity contribution in [1.82, 2.24) is 28.9 Å². The fraction of sp³-hybridized carbons (Fsp3) is 0.500. The molecule has 6 rings (SSSR count). The molecular weight excluding hydrogens is 689 g/mol. The van der Waals surface area contributed by atoms with Crippen LogP contribution in [-0.2, 0) is 22.7 Å². The van der Waals surface area contributed by atoms with Crippen LogP contribution in [0.25, 0.3) is 22.5 Å². The predicted molar refractivity (Wildman–Crippen MR) is 214 cm³/mol. The van der Waals surface area contributed by atoms with Gasteiger partial charge in [0.25, 0.3) is 0 Å². The highest BCUT2D eigenvalue weighted by Crippen LogP contribution is 2.36. The minimum Gasteiger partial charge on any atom is -0.331 e. The number of hydrogen-bond acceptors (Lipinski definition) is 8. The summed E-state index contributed by atoms with van der Waals surface area (Å²) in [7, 11) is 3.03. The van der Waals surface area contributed by atoms with Crippen LogP contribution in [0.2, 0.25) is 0 Å². The molecule has 0 unspecified atom stereocenters. The summed E-state index contributed by atoms with van der Waals surface area (Å²) in [6.45, 7) is 11.1. The molecule has 2 aliphatic heterocycles. The first kappa shape index (κ1) is 38.2. The minimum atomic E-state index is -0.660. The Morgan fingerprint density at radius 3 is 1.48 bits per heavy atom. The lowest BCUT2D eigenvalue weighted by molar-refractivity contribution is -0.136. The van der Waals surface area contributed by atoms with Gasteiger partial charge in [0.2, 0.25) is 11.8 Å². The fourth-order valence-electron chi connectivity index (χ4n) is 7.46. The van der Waals surface area contributed by atoms with Crippen molar-refractivity contribution in [3.05, 3.63) is 83.7 Å². The quantitative estimate of drug-likeness (QED) is 0.0994. The fourth-order valence-corrected chi connectivity index (χ4v) is 9.68. The molecule has 0 aliphatic carbocycles. The number of fused-ring (bicyclic) bond motifs is 2. The third-order valence-electron chi connectivity index (χ3n) is 10.4. The molecule has 278 valence electrons. The van der Waals surface area contributed by atoms with E-state index in [-0.39, 0.29) is 23.9 Å². The molecule has 2 aliphatic rings. The van der Waals surface area contributed by atoms with Gasteiger partial charge in [0.15, 0.2) is 0 Å². The van der Waals surface area contributed by atoms with Gasteiger partial charge >= 0.3 is 0 Å². The van der Waals surface area contributed by atoms with E-state index in [0.29, 0.717) is 37.7 Å². The van der Waals surface area contributed by atoms with Gasteiger partial charge in [0.05, 0.1) is 35.6 Å². The number of unbranched alkanes of at least 4 members (excludes halogenated alkanes) is 2. The average Bonchev–Trinajstić information content (AvgIpc) is 3.79. The summed E-state index contributed by atoms with van der Waals surface area (Å²) in [5, 5.41) is 0. The van der Waals surface area contributed by atoms with Crippen molar-refractivity contribution in [2.75, 3.05) is 24.6 Å². The highest BCUT2D eigenvalue weighted by molar-refractivity contribution is 8.76. The molecule has 4 N–H and O–H groups in total. The molecular formula is C40H54N8O2S2. The SMILES string of the molecule is CCCC[C@H]1c2nc(-c3ccccc3C)cn2CCN1C(=O)[C@H](N)CSSC[C@@H](N)C(=O)N1CCn2cc(-c3ccccc3C)nc2[C@@H]1CCCC. The predicted octanol–water partition coefficient (Wildman–Crippen LogP) is 6.91. The third-order valence-corrected chi connectivity index (χ3v) is 12.9. The van der Waals surface area contributed by atoms with Gasteiger partial charge in [-0.15, -0.1) is 0 Å². The molecule has 0 spiro atoms. The van der Waals surface area contributed by atoms with Gasteiger partial charge in [-0.05, 0) is 37.8 Å². The van der Waals surface area contributed by atoms with E-state index in [2.05, 4.69) is 73.5 Å². The third kappa shape index (κ3) is 8.30. The van der Waals surface area contributed by atoms with Crippen LogP contribution in [0.3, 0.4) is 0 Å². The summed E-state index contributed by atoms with van der Waals surface area (Å²) in [5.74, 6) is 2.66. The lowest BCUT2D eigenvalue weighted by Crippen LogP contribution is -2.50. The smallest absolute Gasteiger partial charge is 0.241 e. The Balaban J connectivity index is 1.05. The highest BCUT2D eigenvalue weighted by atomic mass is 33.1. The van der Waals surface area contributed by atoms with Crippen molar-refractivity contribution in [2.45, 2.75) is 103 Å². The second-order valence-electron chi connectivity index (χ2n) is 14.1. The van der Waals surface area contributed by atoms with Gasteiger partial charge in [-0.25, -0.2) is 9.97 Å². The second-order valence-corrected chi connectivity index (χ2v) is 16.7. The summed E-state index contributed by atoms with van der Waals surface area (Å²) in [6.07, 6.45) is 10.0. The second kappa shape index (κ2) is 17.5. The molecule has 52 heavy (non-hydrogen) atoms. The van der Waals surface area contributed by atoms with Crippen molar-refractivity contribution in [2.24, 2.45) is 11.5 Å². The Morgan fingerprint density at radius 1 is 0.692 bits per heavy atom. The number of aromatic nitrogens is 4. The summed E-state index contributed by atoms with van der Waals surface area (Å²) in [4.78, 5) is 41.7. The molecule has 2 aromatic heterocycles. The van der Waals surface area contributed by atoms with E-state index in [0.717, 1.165) is 72.7 Å². The van der Waals surface area contributed by atoms with Gasteiger partial charge in [0.1, 0.15) is 11.6 Å². The van der Waals surface area contributed by atoms with Gasteiger partial charge < -0.3 is 30.4 Å². The molecule has 10 nitrogen and oxygen atoms in total. The number of aryl methyl sites for hydroxylation is 2. The molecule has 4 atom stereocenters. The maximum absolute atomic E-state index is 13.8. The van der Waals surface area contributed by atoms with E-state index in [1.807, 2.05) is 34.1 Å². The molecule has 2 amide bonds. The van der Waals surface area contributed by atoms with Crippen molar-refractivity contribution in [1.29, 1.82) is 0 Å². The first-order valence-corrected chi connectivity index (χ1v) is 21.3. The van der Waals surface area contributed by atoms with Gasteiger partial charge in [0, 0.05) is 61.2 Å². The first-order valence-electron chi connectivity index (χ1n) is 18.8. The molecule has 0 radical (unpaired) electrons. The van der Waals surface area contributed by atoms with E-state index in [1.54, 1.807) is 0 Å². The minimum absolute atomic E-state index is 0.0473. The average molecular weight is 743 g/mol. The van der Waals surface area contributed by atoms with Crippen LogP contribution in [0.1, 0.15) is 87.2 Å². The van der Waals surface area contributed by atoms with Crippen molar-refractivity contribution in [3.63, 3.8) is 0 Å². The summed E-state index contributed by atoms with van der Waals surface area (Å²) in [5.41, 5.74) is 19.6. The van der Waals surface area contributed by atoms with Crippen LogP contribution in [0, 0.1) is 13.8 Å². The maximum Gasteiger partial charge on any atom is 0.241 e. The molecule has 12 heteroatoms. The van der Waals surface area contributed by atoms with Crippen molar-refractivity contribution >= 4 is 33.4 Å². The number of carbonyl (C=O) groups is 2. The highest BCUT2D eigenvalue weighted by Gasteiger charge is 2.36. The summed E-state index contributed by atoms with van der Waals surface area (Å²) in [6, 6.07) is 15.0. The van der Waals surface area contributed by atoms with E-state index in [4.69, 9.17) is 21.4 Å². The van der Waals surface area contributed by atoms with Crippen LogP contribution >= 0.6 is 21.6 Å². The number of amides is 2. The monoisotopic (exact) mass is 742 g/mol. The van der Waals surface area contributed by atoms with E-state index >= 15 is 0 Å².